The van der Waals surface area contributed by atoms with Gasteiger partial charge in [-0.25, -0.2) is 17.2 Å². The lowest BCUT2D eigenvalue weighted by atomic mass is 10.2. The predicted molar refractivity (Wildman–Crippen MR) is 72.8 cm³/mol. The van der Waals surface area contributed by atoms with E-state index in [4.69, 9.17) is 5.73 Å². The molecule has 0 unspecified atom stereocenters. The second kappa shape index (κ2) is 5.09. The van der Waals surface area contributed by atoms with Crippen molar-refractivity contribution >= 4 is 21.4 Å². The van der Waals surface area contributed by atoms with Crippen molar-refractivity contribution in [3.63, 3.8) is 0 Å². The average molecular weight is 298 g/mol. The first-order valence-electron chi connectivity index (χ1n) is 5.63. The molecule has 0 aliphatic heterocycles. The summed E-state index contributed by atoms with van der Waals surface area (Å²) in [6.07, 6.45) is 0. The van der Waals surface area contributed by atoms with Crippen LogP contribution in [0.15, 0.2) is 41.3 Å². The molecule has 0 radical (unpaired) electrons. The van der Waals surface area contributed by atoms with Crippen molar-refractivity contribution in [3.05, 3.63) is 53.6 Å². The summed E-state index contributed by atoms with van der Waals surface area (Å²) in [5, 5.41) is 0. The molecule has 0 saturated heterocycles. The van der Waals surface area contributed by atoms with Gasteiger partial charge in [0.25, 0.3) is 10.0 Å². The average Bonchev–Trinajstić information content (AvgIpc) is 2.37. The van der Waals surface area contributed by atoms with E-state index in [0.29, 0.717) is 11.8 Å². The zero-order chi connectivity index (χ0) is 14.9. The van der Waals surface area contributed by atoms with Crippen molar-refractivity contribution in [1.82, 2.24) is 0 Å². The molecular formula is C13H12F2N2O2S. The van der Waals surface area contributed by atoms with Crippen molar-refractivity contribution in [2.45, 2.75) is 11.8 Å². The molecule has 0 amide bonds. The Balaban J connectivity index is 2.35. The third-order valence-corrected chi connectivity index (χ3v) is 4.11. The molecule has 20 heavy (non-hydrogen) atoms. The SMILES string of the molecule is Cc1ccc(NS(=O)(=O)c2ccc(F)c(F)c2)cc1N. The van der Waals surface area contributed by atoms with Crippen molar-refractivity contribution < 1.29 is 17.2 Å². The van der Waals surface area contributed by atoms with E-state index in [1.165, 1.54) is 12.1 Å². The summed E-state index contributed by atoms with van der Waals surface area (Å²) in [5.74, 6) is -2.33. The minimum atomic E-state index is -3.99. The minimum absolute atomic E-state index is 0.248. The van der Waals surface area contributed by atoms with Crippen LogP contribution in [-0.2, 0) is 10.0 Å². The van der Waals surface area contributed by atoms with Gasteiger partial charge in [0, 0.05) is 5.69 Å². The summed E-state index contributed by atoms with van der Waals surface area (Å²) in [5.41, 5.74) is 7.16. The van der Waals surface area contributed by atoms with Crippen LogP contribution in [-0.4, -0.2) is 8.42 Å². The zero-order valence-corrected chi connectivity index (χ0v) is 11.3. The summed E-state index contributed by atoms with van der Waals surface area (Å²) in [4.78, 5) is -0.365. The van der Waals surface area contributed by atoms with Gasteiger partial charge < -0.3 is 5.73 Å². The van der Waals surface area contributed by atoms with Crippen LogP contribution >= 0.6 is 0 Å². The Hall–Kier alpha value is -2.15. The topological polar surface area (TPSA) is 72.2 Å². The molecule has 0 aliphatic rings. The van der Waals surface area contributed by atoms with Crippen LogP contribution in [0.4, 0.5) is 20.2 Å². The first kappa shape index (κ1) is 14.3. The first-order chi connectivity index (χ1) is 9.29. The molecule has 2 aromatic carbocycles. The van der Waals surface area contributed by atoms with Crippen molar-refractivity contribution in [2.24, 2.45) is 0 Å². The Labute approximate surface area is 115 Å². The van der Waals surface area contributed by atoms with Gasteiger partial charge in [0.15, 0.2) is 11.6 Å². The van der Waals surface area contributed by atoms with E-state index in [0.717, 1.165) is 17.7 Å². The first-order valence-corrected chi connectivity index (χ1v) is 7.12. The Kier molecular flexibility index (Phi) is 3.63. The molecule has 0 bridgehead atoms. The number of hydrogen-bond acceptors (Lipinski definition) is 3. The largest absolute Gasteiger partial charge is 0.398 e. The summed E-state index contributed by atoms with van der Waals surface area (Å²) < 4.78 is 52.2. The van der Waals surface area contributed by atoms with E-state index < -0.39 is 21.7 Å². The fourth-order valence-electron chi connectivity index (χ4n) is 1.56. The number of aryl methyl sites for hydroxylation is 1. The van der Waals surface area contributed by atoms with E-state index in [-0.39, 0.29) is 10.6 Å². The Morgan fingerprint density at radius 3 is 2.35 bits per heavy atom. The van der Waals surface area contributed by atoms with E-state index in [2.05, 4.69) is 4.72 Å². The second-order valence-electron chi connectivity index (χ2n) is 4.25. The van der Waals surface area contributed by atoms with Gasteiger partial charge in [-0.2, -0.15) is 0 Å². The smallest absolute Gasteiger partial charge is 0.262 e. The van der Waals surface area contributed by atoms with Gasteiger partial charge in [0.1, 0.15) is 0 Å². The number of nitrogen functional groups attached to an aromatic ring is 1. The molecule has 0 heterocycles. The number of sulfonamides is 1. The molecular weight excluding hydrogens is 286 g/mol. The van der Waals surface area contributed by atoms with Crippen LogP contribution in [0.25, 0.3) is 0 Å². The maximum atomic E-state index is 13.1. The van der Waals surface area contributed by atoms with Gasteiger partial charge in [-0.3, -0.25) is 4.72 Å². The van der Waals surface area contributed by atoms with Crippen LogP contribution in [0.2, 0.25) is 0 Å². The molecule has 0 saturated carbocycles. The van der Waals surface area contributed by atoms with Crippen LogP contribution in [0, 0.1) is 18.6 Å². The monoisotopic (exact) mass is 298 g/mol. The maximum Gasteiger partial charge on any atom is 0.262 e. The zero-order valence-electron chi connectivity index (χ0n) is 10.5. The number of rotatable bonds is 3. The summed E-state index contributed by atoms with van der Waals surface area (Å²) >= 11 is 0. The number of nitrogens with two attached hydrogens (primary N) is 1. The van der Waals surface area contributed by atoms with Crippen LogP contribution in [0.1, 0.15) is 5.56 Å². The van der Waals surface area contributed by atoms with Crippen LogP contribution in [0.5, 0.6) is 0 Å². The van der Waals surface area contributed by atoms with Gasteiger partial charge in [0.2, 0.25) is 0 Å². The van der Waals surface area contributed by atoms with E-state index in [9.17, 15) is 17.2 Å². The van der Waals surface area contributed by atoms with E-state index in [1.54, 1.807) is 13.0 Å². The fourth-order valence-corrected chi connectivity index (χ4v) is 2.62. The van der Waals surface area contributed by atoms with Crippen molar-refractivity contribution in [3.8, 4) is 0 Å². The van der Waals surface area contributed by atoms with E-state index in [1.807, 2.05) is 0 Å². The molecule has 7 heteroatoms. The Morgan fingerprint density at radius 2 is 1.75 bits per heavy atom. The van der Waals surface area contributed by atoms with Gasteiger partial charge in [-0.1, -0.05) is 6.07 Å². The second-order valence-corrected chi connectivity index (χ2v) is 5.94. The number of halogens is 2. The number of anilines is 2. The highest BCUT2D eigenvalue weighted by atomic mass is 32.2. The molecule has 3 N–H and O–H groups in total. The van der Waals surface area contributed by atoms with Gasteiger partial charge >= 0.3 is 0 Å². The lowest BCUT2D eigenvalue weighted by Gasteiger charge is -2.10. The van der Waals surface area contributed by atoms with Gasteiger partial charge in [-0.15, -0.1) is 0 Å². The van der Waals surface area contributed by atoms with Gasteiger partial charge in [-0.05, 0) is 42.8 Å². The fraction of sp³-hybridized carbons (Fsp3) is 0.0769. The summed E-state index contributed by atoms with van der Waals surface area (Å²) in [6, 6.07) is 7.00. The lowest BCUT2D eigenvalue weighted by Crippen LogP contribution is -2.13. The van der Waals surface area contributed by atoms with Gasteiger partial charge in [0.05, 0.1) is 10.6 Å². The highest BCUT2D eigenvalue weighted by molar-refractivity contribution is 7.92. The van der Waals surface area contributed by atoms with Crippen molar-refractivity contribution in [2.75, 3.05) is 10.5 Å². The molecule has 4 nitrogen and oxygen atoms in total. The molecule has 0 fully saturated rings. The molecule has 2 aromatic rings. The third kappa shape index (κ3) is 2.88. The van der Waals surface area contributed by atoms with Crippen LogP contribution in [0.3, 0.4) is 0 Å². The molecule has 0 atom stereocenters. The minimum Gasteiger partial charge on any atom is -0.398 e. The van der Waals surface area contributed by atoms with Crippen molar-refractivity contribution in [1.29, 1.82) is 0 Å². The normalized spacial score (nSPS) is 11.3. The number of benzene rings is 2. The lowest BCUT2D eigenvalue weighted by molar-refractivity contribution is 0.504. The maximum absolute atomic E-state index is 13.1. The molecule has 0 aliphatic carbocycles. The number of nitrogens with one attached hydrogen (secondary N) is 1. The molecule has 106 valence electrons. The Morgan fingerprint density at radius 1 is 1.05 bits per heavy atom. The third-order valence-electron chi connectivity index (χ3n) is 2.73. The molecule has 2 rings (SSSR count). The van der Waals surface area contributed by atoms with E-state index >= 15 is 0 Å². The molecule has 0 spiro atoms. The highest BCUT2D eigenvalue weighted by Crippen LogP contribution is 2.21. The quantitative estimate of drug-likeness (QED) is 0.856. The summed E-state index contributed by atoms with van der Waals surface area (Å²) in [6.45, 7) is 1.78. The molecule has 0 aromatic heterocycles. The number of hydrogen-bond donors (Lipinski definition) is 2. The highest BCUT2D eigenvalue weighted by Gasteiger charge is 2.16. The predicted octanol–water partition coefficient (Wildman–Crippen LogP) is 2.66. The standard InChI is InChI=1S/C13H12F2N2O2S/c1-8-2-3-9(6-13(8)16)17-20(18,19)10-4-5-11(14)12(15)7-10/h2-7,17H,16H2,1H3. The summed E-state index contributed by atoms with van der Waals surface area (Å²) in [7, 11) is -3.99. The van der Waals surface area contributed by atoms with Crippen LogP contribution < -0.4 is 10.5 Å². The Bertz CT molecular complexity index is 761.